The lowest BCUT2D eigenvalue weighted by atomic mass is 10.1. The molecule has 0 spiro atoms. The van der Waals surface area contributed by atoms with Crippen molar-refractivity contribution in [2.75, 3.05) is 11.6 Å². The summed E-state index contributed by atoms with van der Waals surface area (Å²) in [5.74, 6) is 2.08. The number of thioether (sulfide) groups is 1. The molecule has 1 unspecified atom stereocenters. The third-order valence-corrected chi connectivity index (χ3v) is 5.84. The van der Waals surface area contributed by atoms with Gasteiger partial charge in [-0.15, -0.1) is 11.3 Å². The lowest BCUT2D eigenvalue weighted by molar-refractivity contribution is 0.476. The summed E-state index contributed by atoms with van der Waals surface area (Å²) in [6, 6.07) is 0.360. The third-order valence-electron chi connectivity index (χ3n) is 3.80. The fraction of sp³-hybridized carbons (Fsp3) is 0.429. The predicted octanol–water partition coefficient (Wildman–Crippen LogP) is 2.74. The zero-order valence-electron chi connectivity index (χ0n) is 12.4. The second-order valence-corrected chi connectivity index (χ2v) is 7.44. The Kier molecular flexibility index (Phi) is 3.50. The summed E-state index contributed by atoms with van der Waals surface area (Å²) >= 11 is 3.29. The molecule has 0 radical (unpaired) electrons. The molecule has 4 heterocycles. The number of aromatic nitrogens is 5. The second-order valence-electron chi connectivity index (χ2n) is 5.39. The molecule has 4 rings (SSSR count). The van der Waals surface area contributed by atoms with Crippen LogP contribution in [0.2, 0.25) is 0 Å². The van der Waals surface area contributed by atoms with Crippen LogP contribution >= 0.6 is 23.1 Å². The van der Waals surface area contributed by atoms with Crippen molar-refractivity contribution in [1.82, 2.24) is 24.5 Å². The lowest BCUT2D eigenvalue weighted by Gasteiger charge is -2.25. The van der Waals surface area contributed by atoms with Crippen LogP contribution in [0.5, 0.6) is 0 Å². The van der Waals surface area contributed by atoms with Gasteiger partial charge in [0, 0.05) is 25.2 Å². The van der Waals surface area contributed by atoms with Crippen molar-refractivity contribution in [3.8, 4) is 0 Å². The van der Waals surface area contributed by atoms with Gasteiger partial charge in [0.2, 0.25) is 0 Å². The molecule has 1 aliphatic heterocycles. The smallest absolute Gasteiger partial charge is 0.176 e. The number of hydrogen-bond donors (Lipinski definition) is 1. The van der Waals surface area contributed by atoms with E-state index in [4.69, 9.17) is 0 Å². The van der Waals surface area contributed by atoms with Crippen molar-refractivity contribution >= 4 is 39.3 Å². The molecule has 0 aromatic carbocycles. The Balaban J connectivity index is 1.60. The summed E-state index contributed by atoms with van der Waals surface area (Å²) in [5.41, 5.74) is 1.87. The molecule has 0 amide bonds. The molecule has 0 saturated carbocycles. The van der Waals surface area contributed by atoms with E-state index in [-0.39, 0.29) is 0 Å². The van der Waals surface area contributed by atoms with Crippen molar-refractivity contribution in [3.63, 3.8) is 0 Å². The molecular weight excluding hydrogens is 316 g/mol. The van der Waals surface area contributed by atoms with Crippen molar-refractivity contribution in [2.45, 2.75) is 36.7 Å². The number of aryl methyl sites for hydroxylation is 2. The average molecular weight is 332 g/mol. The van der Waals surface area contributed by atoms with Crippen LogP contribution in [0.3, 0.4) is 0 Å². The van der Waals surface area contributed by atoms with Gasteiger partial charge in [-0.25, -0.2) is 19.9 Å². The van der Waals surface area contributed by atoms with Crippen LogP contribution in [-0.2, 0) is 13.0 Å². The van der Waals surface area contributed by atoms with Gasteiger partial charge in [-0.1, -0.05) is 11.8 Å². The Morgan fingerprint density at radius 3 is 3.14 bits per heavy atom. The summed E-state index contributed by atoms with van der Waals surface area (Å²) in [6.07, 6.45) is 7.80. The Hall–Kier alpha value is -1.67. The average Bonchev–Trinajstić information content (AvgIpc) is 3.09. The number of nitrogens with zero attached hydrogens (tertiary/aromatic N) is 5. The van der Waals surface area contributed by atoms with E-state index in [9.17, 15) is 0 Å². The molecular formula is C14H16N6S2. The highest BCUT2D eigenvalue weighted by molar-refractivity contribution is 8.00. The molecule has 1 atom stereocenters. The van der Waals surface area contributed by atoms with Crippen LogP contribution in [0.25, 0.3) is 10.3 Å². The highest BCUT2D eigenvalue weighted by Crippen LogP contribution is 2.31. The number of hydrogen-bond acceptors (Lipinski definition) is 7. The number of thiazole rings is 1. The Labute approximate surface area is 136 Å². The molecule has 114 valence electrons. The fourth-order valence-electron chi connectivity index (χ4n) is 2.82. The maximum Gasteiger partial charge on any atom is 0.176 e. The van der Waals surface area contributed by atoms with Crippen LogP contribution < -0.4 is 5.32 Å². The van der Waals surface area contributed by atoms with Crippen molar-refractivity contribution in [2.24, 2.45) is 0 Å². The van der Waals surface area contributed by atoms with Gasteiger partial charge in [0.05, 0.1) is 5.69 Å². The van der Waals surface area contributed by atoms with Gasteiger partial charge in [-0.3, -0.25) is 0 Å². The highest BCUT2D eigenvalue weighted by atomic mass is 32.2. The number of fused-ring (bicyclic) bond motifs is 2. The third kappa shape index (κ3) is 2.46. The predicted molar refractivity (Wildman–Crippen MR) is 89.7 cm³/mol. The minimum Gasteiger partial charge on any atom is -0.364 e. The Bertz CT molecular complexity index is 824. The molecule has 3 aromatic rings. The van der Waals surface area contributed by atoms with Gasteiger partial charge >= 0.3 is 0 Å². The SMILES string of the molecule is CSc1nc2ncnc(NC3CCc4nc(C)cn4C3)c2s1. The minimum absolute atomic E-state index is 0.360. The molecule has 0 fully saturated rings. The molecule has 8 heteroatoms. The largest absolute Gasteiger partial charge is 0.364 e. The first-order chi connectivity index (χ1) is 10.7. The van der Waals surface area contributed by atoms with E-state index in [1.807, 2.05) is 13.2 Å². The quantitative estimate of drug-likeness (QED) is 0.744. The molecule has 1 aliphatic rings. The van der Waals surface area contributed by atoms with Crippen LogP contribution in [0, 0.1) is 6.92 Å². The van der Waals surface area contributed by atoms with Crippen LogP contribution in [0.4, 0.5) is 5.82 Å². The highest BCUT2D eigenvalue weighted by Gasteiger charge is 2.21. The topological polar surface area (TPSA) is 68.5 Å². The molecule has 0 saturated heterocycles. The maximum absolute atomic E-state index is 4.56. The number of rotatable bonds is 3. The van der Waals surface area contributed by atoms with E-state index in [1.54, 1.807) is 29.4 Å². The molecule has 1 N–H and O–H groups in total. The lowest BCUT2D eigenvalue weighted by Crippen LogP contribution is -2.31. The summed E-state index contributed by atoms with van der Waals surface area (Å²) in [5, 5.41) is 3.57. The molecule has 6 nitrogen and oxygen atoms in total. The first kappa shape index (κ1) is 14.0. The number of anilines is 1. The standard InChI is InChI=1S/C14H16N6S2/c1-8-5-20-6-9(3-4-10(20)17-8)18-12-11-13(16-7-15-12)19-14(21-2)22-11/h5,7,9H,3-4,6H2,1-2H3,(H,15,16,18). The summed E-state index contributed by atoms with van der Waals surface area (Å²) < 4.78 is 4.31. The second kappa shape index (κ2) is 5.51. The minimum atomic E-state index is 0.360. The summed E-state index contributed by atoms with van der Waals surface area (Å²) in [7, 11) is 0. The Morgan fingerprint density at radius 1 is 1.36 bits per heavy atom. The monoisotopic (exact) mass is 332 g/mol. The number of imidazole rings is 1. The molecule has 3 aromatic heterocycles. The van der Waals surface area contributed by atoms with Crippen LogP contribution in [0.1, 0.15) is 17.9 Å². The van der Waals surface area contributed by atoms with Crippen molar-refractivity contribution < 1.29 is 0 Å². The summed E-state index contributed by atoms with van der Waals surface area (Å²) in [4.78, 5) is 17.7. The first-order valence-corrected chi connectivity index (χ1v) is 9.22. The number of nitrogens with one attached hydrogen (secondary N) is 1. The van der Waals surface area contributed by atoms with E-state index in [0.29, 0.717) is 6.04 Å². The van der Waals surface area contributed by atoms with E-state index in [1.165, 1.54) is 5.82 Å². The molecule has 22 heavy (non-hydrogen) atoms. The Morgan fingerprint density at radius 2 is 2.27 bits per heavy atom. The van der Waals surface area contributed by atoms with Gasteiger partial charge in [0.1, 0.15) is 22.7 Å². The maximum atomic E-state index is 4.56. The fourth-order valence-corrected chi connectivity index (χ4v) is 4.29. The zero-order chi connectivity index (χ0) is 15.1. The molecule has 0 aliphatic carbocycles. The van der Waals surface area contributed by atoms with E-state index in [2.05, 4.69) is 36.0 Å². The van der Waals surface area contributed by atoms with Crippen molar-refractivity contribution in [1.29, 1.82) is 0 Å². The van der Waals surface area contributed by atoms with E-state index < -0.39 is 0 Å². The van der Waals surface area contributed by atoms with Gasteiger partial charge in [0.15, 0.2) is 9.99 Å². The van der Waals surface area contributed by atoms with E-state index >= 15 is 0 Å². The van der Waals surface area contributed by atoms with Crippen molar-refractivity contribution in [3.05, 3.63) is 24.0 Å². The zero-order valence-corrected chi connectivity index (χ0v) is 14.0. The van der Waals surface area contributed by atoms with Gasteiger partial charge in [0.25, 0.3) is 0 Å². The first-order valence-electron chi connectivity index (χ1n) is 7.17. The summed E-state index contributed by atoms with van der Waals surface area (Å²) in [6.45, 7) is 2.97. The van der Waals surface area contributed by atoms with Gasteiger partial charge in [-0.05, 0) is 19.6 Å². The van der Waals surface area contributed by atoms with E-state index in [0.717, 1.165) is 45.6 Å². The van der Waals surface area contributed by atoms with Crippen LogP contribution in [-0.4, -0.2) is 36.8 Å². The van der Waals surface area contributed by atoms with Gasteiger partial charge < -0.3 is 9.88 Å². The normalized spacial score (nSPS) is 17.6. The van der Waals surface area contributed by atoms with Crippen LogP contribution in [0.15, 0.2) is 16.9 Å². The van der Waals surface area contributed by atoms with Gasteiger partial charge in [-0.2, -0.15) is 0 Å². The molecule has 0 bridgehead atoms.